The highest BCUT2D eigenvalue weighted by atomic mass is 19.2. The fraction of sp³-hybridized carbons (Fsp3) is 0.333. The van der Waals surface area contributed by atoms with Crippen molar-refractivity contribution in [1.82, 2.24) is 5.32 Å². The van der Waals surface area contributed by atoms with Crippen LogP contribution in [0.5, 0.6) is 5.75 Å². The van der Waals surface area contributed by atoms with Crippen molar-refractivity contribution in [1.29, 1.82) is 0 Å². The van der Waals surface area contributed by atoms with Crippen molar-refractivity contribution < 1.29 is 28.0 Å². The van der Waals surface area contributed by atoms with Crippen LogP contribution in [0.15, 0.2) is 42.5 Å². The van der Waals surface area contributed by atoms with Gasteiger partial charge in [0.15, 0.2) is 18.2 Å². The zero-order chi connectivity index (χ0) is 21.5. The van der Waals surface area contributed by atoms with Crippen LogP contribution in [0.25, 0.3) is 0 Å². The first-order valence-electron chi connectivity index (χ1n) is 9.69. The number of carbonyl (C=O) groups is 2. The average molecular weight is 419 g/mol. The van der Waals surface area contributed by atoms with Crippen molar-refractivity contribution in [2.75, 3.05) is 56.6 Å². The Hall–Kier alpha value is -3.20. The van der Waals surface area contributed by atoms with E-state index in [0.717, 1.165) is 54.6 Å². The van der Waals surface area contributed by atoms with E-state index in [4.69, 9.17) is 4.74 Å². The second-order valence-electron chi connectivity index (χ2n) is 7.07. The number of nitrogens with zero attached hydrogens (tertiary/aromatic N) is 1. The zero-order valence-corrected chi connectivity index (χ0v) is 16.7. The van der Waals surface area contributed by atoms with Gasteiger partial charge in [0.2, 0.25) is 5.91 Å². The van der Waals surface area contributed by atoms with E-state index < -0.39 is 17.5 Å². The molecule has 9 heteroatoms. The van der Waals surface area contributed by atoms with Crippen LogP contribution in [0.3, 0.4) is 0 Å². The van der Waals surface area contributed by atoms with Crippen molar-refractivity contribution in [2.45, 2.75) is 0 Å². The van der Waals surface area contributed by atoms with Crippen LogP contribution < -0.4 is 25.2 Å². The van der Waals surface area contributed by atoms with E-state index in [9.17, 15) is 18.4 Å². The molecular formula is C21H25F2N4O3+. The number of hydrogen-bond donors (Lipinski definition) is 3. The summed E-state index contributed by atoms with van der Waals surface area (Å²) >= 11 is 0. The van der Waals surface area contributed by atoms with Gasteiger partial charge < -0.3 is 25.2 Å². The number of methoxy groups -OCH3 is 1. The highest BCUT2D eigenvalue weighted by Crippen LogP contribution is 2.20. The van der Waals surface area contributed by atoms with Crippen molar-refractivity contribution in [3.8, 4) is 5.75 Å². The maximum Gasteiger partial charge on any atom is 0.275 e. The van der Waals surface area contributed by atoms with E-state index >= 15 is 0 Å². The lowest BCUT2D eigenvalue weighted by molar-refractivity contribution is -0.892. The van der Waals surface area contributed by atoms with Crippen molar-refractivity contribution in [3.63, 3.8) is 0 Å². The molecule has 1 heterocycles. The molecule has 0 bridgehead atoms. The van der Waals surface area contributed by atoms with Crippen LogP contribution in [-0.2, 0) is 9.59 Å². The molecule has 160 valence electrons. The van der Waals surface area contributed by atoms with Gasteiger partial charge in [-0.2, -0.15) is 0 Å². The number of hydrogen-bond acceptors (Lipinski definition) is 4. The van der Waals surface area contributed by atoms with Gasteiger partial charge in [0.25, 0.3) is 5.91 Å². The maximum atomic E-state index is 13.2. The molecule has 2 aromatic rings. The number of nitrogens with one attached hydrogen (secondary N) is 3. The third kappa shape index (κ3) is 5.90. The number of halogens is 2. The minimum absolute atomic E-state index is 0.132. The lowest BCUT2D eigenvalue weighted by Gasteiger charge is -2.33. The third-order valence-corrected chi connectivity index (χ3v) is 4.95. The Morgan fingerprint density at radius 2 is 1.83 bits per heavy atom. The molecule has 0 spiro atoms. The highest BCUT2D eigenvalue weighted by molar-refractivity contribution is 5.94. The summed E-state index contributed by atoms with van der Waals surface area (Å²) in [6.45, 7) is 3.25. The smallest absolute Gasteiger partial charge is 0.275 e. The maximum absolute atomic E-state index is 13.2. The minimum atomic E-state index is -1.05. The largest absolute Gasteiger partial charge is 0.497 e. The molecule has 1 aliphatic rings. The molecule has 1 saturated heterocycles. The summed E-state index contributed by atoms with van der Waals surface area (Å²) in [7, 11) is 1.64. The summed E-state index contributed by atoms with van der Waals surface area (Å²) in [6.07, 6.45) is 0. The monoisotopic (exact) mass is 419 g/mol. The molecule has 2 amide bonds. The minimum Gasteiger partial charge on any atom is -0.497 e. The fourth-order valence-electron chi connectivity index (χ4n) is 3.31. The van der Waals surface area contributed by atoms with Crippen molar-refractivity contribution in [3.05, 3.63) is 54.1 Å². The molecular weight excluding hydrogens is 394 g/mol. The van der Waals surface area contributed by atoms with E-state index in [1.807, 2.05) is 24.3 Å². The molecule has 0 saturated carbocycles. The molecule has 1 fully saturated rings. The number of ether oxygens (including phenoxy) is 1. The molecule has 0 aromatic heterocycles. The number of quaternary nitrogens is 1. The number of benzene rings is 2. The Morgan fingerprint density at radius 1 is 1.07 bits per heavy atom. The van der Waals surface area contributed by atoms with E-state index in [1.165, 1.54) is 6.07 Å². The molecule has 0 atom stereocenters. The number of piperazine rings is 1. The van der Waals surface area contributed by atoms with Gasteiger partial charge in [-0.15, -0.1) is 0 Å². The van der Waals surface area contributed by atoms with Gasteiger partial charge in [0.1, 0.15) is 5.75 Å². The first kappa shape index (κ1) is 21.5. The molecule has 2 aromatic carbocycles. The number of carbonyl (C=O) groups excluding carboxylic acids is 2. The highest BCUT2D eigenvalue weighted by Gasteiger charge is 2.22. The summed E-state index contributed by atoms with van der Waals surface area (Å²) in [6, 6.07) is 10.9. The quantitative estimate of drug-likeness (QED) is 0.609. The molecule has 0 unspecified atom stereocenters. The Balaban J connectivity index is 1.39. The Kier molecular flexibility index (Phi) is 7.18. The lowest BCUT2D eigenvalue weighted by Crippen LogP contribution is -3.16. The lowest BCUT2D eigenvalue weighted by atomic mass is 10.2. The van der Waals surface area contributed by atoms with Gasteiger partial charge in [-0.25, -0.2) is 8.78 Å². The van der Waals surface area contributed by atoms with Crippen LogP contribution in [0, 0.1) is 11.6 Å². The molecule has 0 radical (unpaired) electrons. The van der Waals surface area contributed by atoms with E-state index in [0.29, 0.717) is 0 Å². The first-order valence-corrected chi connectivity index (χ1v) is 9.69. The van der Waals surface area contributed by atoms with Gasteiger partial charge in [-0.3, -0.25) is 9.59 Å². The number of anilines is 2. The SMILES string of the molecule is COc1cccc(N2CC[NH+](CC(=O)NCC(=O)Nc3ccc(F)c(F)c3)CC2)c1. The molecule has 7 nitrogen and oxygen atoms in total. The van der Waals surface area contributed by atoms with Crippen molar-refractivity contribution >= 4 is 23.2 Å². The topological polar surface area (TPSA) is 75.1 Å². The van der Waals surface area contributed by atoms with Gasteiger partial charge >= 0.3 is 0 Å². The number of rotatable bonds is 7. The van der Waals surface area contributed by atoms with Crippen LogP contribution in [-0.4, -0.2) is 58.2 Å². The second kappa shape index (κ2) is 10.0. The van der Waals surface area contributed by atoms with Crippen LogP contribution in [0.2, 0.25) is 0 Å². The normalized spacial score (nSPS) is 14.3. The Morgan fingerprint density at radius 3 is 2.53 bits per heavy atom. The van der Waals surface area contributed by atoms with Crippen LogP contribution in [0.1, 0.15) is 0 Å². The average Bonchev–Trinajstić information content (AvgIpc) is 2.75. The standard InChI is InChI=1S/C21H24F2N4O3/c1-30-17-4-2-3-16(12-17)27-9-7-26(8-10-27)14-21(29)24-13-20(28)25-15-5-6-18(22)19(23)11-15/h2-6,11-12H,7-10,13-14H2,1H3,(H,24,29)(H,25,28)/p+1. The van der Waals surface area contributed by atoms with E-state index in [2.05, 4.69) is 15.5 Å². The molecule has 0 aliphatic carbocycles. The first-order chi connectivity index (χ1) is 14.4. The fourth-order valence-corrected chi connectivity index (χ4v) is 3.31. The van der Waals surface area contributed by atoms with Gasteiger partial charge in [0.05, 0.1) is 39.8 Å². The van der Waals surface area contributed by atoms with Gasteiger partial charge in [0, 0.05) is 23.5 Å². The Labute approximate surface area is 173 Å². The summed E-state index contributed by atoms with van der Waals surface area (Å²) in [5.74, 6) is -1.97. The third-order valence-electron chi connectivity index (χ3n) is 4.95. The zero-order valence-electron chi connectivity index (χ0n) is 16.7. The van der Waals surface area contributed by atoms with Crippen LogP contribution in [0.4, 0.5) is 20.2 Å². The summed E-state index contributed by atoms with van der Waals surface area (Å²) in [4.78, 5) is 27.4. The molecule has 3 N–H and O–H groups in total. The van der Waals surface area contributed by atoms with E-state index in [-0.39, 0.29) is 24.7 Å². The predicted octanol–water partition coefficient (Wildman–Crippen LogP) is 0.433. The molecule has 30 heavy (non-hydrogen) atoms. The second-order valence-corrected chi connectivity index (χ2v) is 7.07. The summed E-state index contributed by atoms with van der Waals surface area (Å²) < 4.78 is 31.3. The Bertz CT molecular complexity index is 902. The molecule has 1 aliphatic heterocycles. The van der Waals surface area contributed by atoms with Gasteiger partial charge in [-0.1, -0.05) is 6.07 Å². The van der Waals surface area contributed by atoms with E-state index in [1.54, 1.807) is 7.11 Å². The summed E-state index contributed by atoms with van der Waals surface area (Å²) in [5, 5.41) is 4.98. The van der Waals surface area contributed by atoms with Gasteiger partial charge in [-0.05, 0) is 24.3 Å². The van der Waals surface area contributed by atoms with Crippen LogP contribution >= 0.6 is 0 Å². The summed E-state index contributed by atoms with van der Waals surface area (Å²) in [5.41, 5.74) is 1.22. The van der Waals surface area contributed by atoms with Crippen molar-refractivity contribution in [2.24, 2.45) is 0 Å². The predicted molar refractivity (Wildman–Crippen MR) is 109 cm³/mol. The molecule has 3 rings (SSSR count). The number of amides is 2.